The number of hydrogen-bond acceptors (Lipinski definition) is 4. The Morgan fingerprint density at radius 3 is 2.26 bits per heavy atom. The highest BCUT2D eigenvalue weighted by molar-refractivity contribution is 6.55. The summed E-state index contributed by atoms with van der Waals surface area (Å²) in [6.07, 6.45) is -3.01. The van der Waals surface area contributed by atoms with Crippen molar-refractivity contribution in [3.05, 3.63) is 35.1 Å². The van der Waals surface area contributed by atoms with Crippen molar-refractivity contribution in [2.24, 2.45) is 5.73 Å². The van der Waals surface area contributed by atoms with Crippen LogP contribution < -0.4 is 5.73 Å². The Bertz CT molecular complexity index is 599. The second kappa shape index (κ2) is 5.92. The average molecular weight is 328 g/mol. The second-order valence-corrected chi connectivity index (χ2v) is 6.46. The molecule has 126 valence electrons. The smallest absolute Gasteiger partial charge is 0.400 e. The van der Waals surface area contributed by atoms with Crippen molar-refractivity contribution in [1.82, 2.24) is 4.98 Å². The molecule has 2 N–H and O–H groups in total. The lowest BCUT2D eigenvalue weighted by Gasteiger charge is -2.32. The molecule has 1 aromatic heterocycles. The number of aromatic nitrogens is 1. The van der Waals surface area contributed by atoms with Crippen molar-refractivity contribution in [3.8, 4) is 0 Å². The van der Waals surface area contributed by atoms with E-state index in [1.807, 2.05) is 27.7 Å². The maximum atomic E-state index is 12.7. The molecule has 1 fully saturated rings. The molecule has 0 amide bonds. The Morgan fingerprint density at radius 1 is 1.22 bits per heavy atom. The molecule has 0 unspecified atom stereocenters. The number of pyridine rings is 1. The lowest BCUT2D eigenvalue weighted by molar-refractivity contribution is -0.141. The van der Waals surface area contributed by atoms with E-state index in [0.717, 1.165) is 6.07 Å². The molecule has 1 aliphatic heterocycles. The SMILES string of the molecule is CC1(C)OB(C(=Cc2cccc(C(F)(F)F)n2)CN)OC1(C)C. The molecule has 1 aromatic rings. The molecular weight excluding hydrogens is 308 g/mol. The van der Waals surface area contributed by atoms with Gasteiger partial charge in [-0.1, -0.05) is 6.07 Å². The highest BCUT2D eigenvalue weighted by Crippen LogP contribution is 2.38. The molecule has 0 aliphatic carbocycles. The van der Waals surface area contributed by atoms with Gasteiger partial charge < -0.3 is 15.0 Å². The molecule has 4 nitrogen and oxygen atoms in total. The Morgan fingerprint density at radius 2 is 1.78 bits per heavy atom. The highest BCUT2D eigenvalue weighted by atomic mass is 19.4. The third-order valence-electron chi connectivity index (χ3n) is 4.19. The minimum Gasteiger partial charge on any atom is -0.400 e. The first-order valence-corrected chi connectivity index (χ1v) is 7.27. The molecule has 2 heterocycles. The number of alkyl halides is 3. The van der Waals surface area contributed by atoms with Gasteiger partial charge in [-0.2, -0.15) is 13.2 Å². The summed E-state index contributed by atoms with van der Waals surface area (Å²) in [5.41, 5.74) is 4.38. The highest BCUT2D eigenvalue weighted by Gasteiger charge is 2.52. The van der Waals surface area contributed by atoms with Crippen LogP contribution in [0.5, 0.6) is 0 Å². The topological polar surface area (TPSA) is 57.4 Å². The van der Waals surface area contributed by atoms with Gasteiger partial charge in [0, 0.05) is 6.54 Å². The largest absolute Gasteiger partial charge is 0.491 e. The zero-order valence-corrected chi connectivity index (χ0v) is 13.6. The summed E-state index contributed by atoms with van der Waals surface area (Å²) in [6, 6.07) is 3.71. The number of rotatable bonds is 3. The maximum absolute atomic E-state index is 12.7. The molecule has 0 radical (unpaired) electrons. The van der Waals surface area contributed by atoms with Crippen LogP contribution in [-0.4, -0.2) is 29.8 Å². The van der Waals surface area contributed by atoms with Crippen LogP contribution in [0.15, 0.2) is 23.7 Å². The fourth-order valence-corrected chi connectivity index (χ4v) is 2.10. The Kier molecular flexibility index (Phi) is 4.63. The van der Waals surface area contributed by atoms with Crippen LogP contribution in [0.2, 0.25) is 0 Å². The standard InChI is InChI=1S/C15H20BF3N2O2/c1-13(2)14(3,4)23-16(22-13)10(9-20)8-11-6-5-7-12(21-11)15(17,18)19/h5-8H,9,20H2,1-4H3. The van der Waals surface area contributed by atoms with Gasteiger partial charge >= 0.3 is 13.3 Å². The van der Waals surface area contributed by atoms with E-state index in [-0.39, 0.29) is 12.2 Å². The van der Waals surface area contributed by atoms with Crippen molar-refractivity contribution in [1.29, 1.82) is 0 Å². The van der Waals surface area contributed by atoms with Crippen LogP contribution in [0, 0.1) is 0 Å². The van der Waals surface area contributed by atoms with Crippen LogP contribution in [0.25, 0.3) is 6.08 Å². The number of nitrogens with zero attached hydrogens (tertiary/aromatic N) is 1. The number of hydrogen-bond donors (Lipinski definition) is 1. The Labute approximate surface area is 134 Å². The zero-order chi connectivity index (χ0) is 17.5. The Balaban J connectivity index is 2.31. The van der Waals surface area contributed by atoms with Crippen LogP contribution >= 0.6 is 0 Å². The number of nitrogens with two attached hydrogens (primary N) is 1. The lowest BCUT2D eigenvalue weighted by Crippen LogP contribution is -2.41. The molecule has 1 aliphatic rings. The van der Waals surface area contributed by atoms with E-state index in [1.165, 1.54) is 18.2 Å². The molecule has 0 atom stereocenters. The van der Waals surface area contributed by atoms with Gasteiger partial charge in [-0.05, 0) is 51.4 Å². The first kappa shape index (κ1) is 18.0. The minimum atomic E-state index is -4.49. The molecular formula is C15H20BF3N2O2. The third kappa shape index (κ3) is 3.76. The summed E-state index contributed by atoms with van der Waals surface area (Å²) in [7, 11) is -0.707. The van der Waals surface area contributed by atoms with E-state index in [2.05, 4.69) is 4.98 Å². The van der Waals surface area contributed by atoms with Crippen LogP contribution in [0.1, 0.15) is 39.1 Å². The first-order chi connectivity index (χ1) is 10.5. The monoisotopic (exact) mass is 328 g/mol. The van der Waals surface area contributed by atoms with Gasteiger partial charge in [0.25, 0.3) is 0 Å². The summed E-state index contributed by atoms with van der Waals surface area (Å²) < 4.78 is 49.9. The van der Waals surface area contributed by atoms with Crippen molar-refractivity contribution in [3.63, 3.8) is 0 Å². The van der Waals surface area contributed by atoms with Crippen molar-refractivity contribution < 1.29 is 22.5 Å². The second-order valence-electron chi connectivity index (χ2n) is 6.46. The fraction of sp³-hybridized carbons (Fsp3) is 0.533. The normalized spacial score (nSPS) is 20.9. The summed E-state index contributed by atoms with van der Waals surface area (Å²) in [5, 5.41) is 0. The zero-order valence-electron chi connectivity index (χ0n) is 13.6. The molecule has 23 heavy (non-hydrogen) atoms. The van der Waals surface area contributed by atoms with E-state index in [1.54, 1.807) is 0 Å². The molecule has 0 aromatic carbocycles. The van der Waals surface area contributed by atoms with Crippen LogP contribution in [0.4, 0.5) is 13.2 Å². The van der Waals surface area contributed by atoms with Crippen molar-refractivity contribution in [2.45, 2.75) is 45.1 Å². The van der Waals surface area contributed by atoms with Gasteiger partial charge in [0.05, 0.1) is 16.9 Å². The minimum absolute atomic E-state index is 0.0920. The van der Waals surface area contributed by atoms with E-state index >= 15 is 0 Å². The first-order valence-electron chi connectivity index (χ1n) is 7.27. The van der Waals surface area contributed by atoms with E-state index in [0.29, 0.717) is 5.47 Å². The van der Waals surface area contributed by atoms with Gasteiger partial charge in [-0.25, -0.2) is 4.98 Å². The fourth-order valence-electron chi connectivity index (χ4n) is 2.10. The maximum Gasteiger partial charge on any atom is 0.491 e. The van der Waals surface area contributed by atoms with Crippen LogP contribution in [-0.2, 0) is 15.5 Å². The summed E-state index contributed by atoms with van der Waals surface area (Å²) in [4.78, 5) is 3.61. The van der Waals surface area contributed by atoms with E-state index in [9.17, 15) is 13.2 Å². The summed E-state index contributed by atoms with van der Waals surface area (Å²) in [5.74, 6) is 0. The van der Waals surface area contributed by atoms with Crippen molar-refractivity contribution >= 4 is 13.2 Å². The molecule has 1 saturated heterocycles. The van der Waals surface area contributed by atoms with Gasteiger partial charge in [-0.3, -0.25) is 0 Å². The Hall–Kier alpha value is -1.38. The van der Waals surface area contributed by atoms with E-state index < -0.39 is 30.2 Å². The lowest BCUT2D eigenvalue weighted by atomic mass is 9.77. The van der Waals surface area contributed by atoms with Gasteiger partial charge in [0.2, 0.25) is 0 Å². The van der Waals surface area contributed by atoms with Gasteiger partial charge in [-0.15, -0.1) is 0 Å². The molecule has 0 spiro atoms. The molecule has 0 bridgehead atoms. The predicted molar refractivity (Wildman–Crippen MR) is 82.4 cm³/mol. The van der Waals surface area contributed by atoms with E-state index in [4.69, 9.17) is 15.0 Å². The molecule has 0 saturated carbocycles. The quantitative estimate of drug-likeness (QED) is 0.867. The molecule has 2 rings (SSSR count). The molecule has 8 heteroatoms. The summed E-state index contributed by atoms with van der Waals surface area (Å²) >= 11 is 0. The van der Waals surface area contributed by atoms with Crippen LogP contribution in [0.3, 0.4) is 0 Å². The predicted octanol–water partition coefficient (Wildman–Crippen LogP) is 3.07. The third-order valence-corrected chi connectivity index (χ3v) is 4.19. The van der Waals surface area contributed by atoms with Gasteiger partial charge in [0.15, 0.2) is 0 Å². The van der Waals surface area contributed by atoms with Gasteiger partial charge in [0.1, 0.15) is 5.69 Å². The number of halogens is 3. The average Bonchev–Trinajstić information content (AvgIpc) is 2.64. The summed E-state index contributed by atoms with van der Waals surface area (Å²) in [6.45, 7) is 7.66. The van der Waals surface area contributed by atoms with Crippen molar-refractivity contribution in [2.75, 3.05) is 6.54 Å².